The molecular weight excluding hydrogens is 212 g/mol. The van der Waals surface area contributed by atoms with Crippen molar-refractivity contribution in [3.05, 3.63) is 23.4 Å². The van der Waals surface area contributed by atoms with Gasteiger partial charge in [0.1, 0.15) is 11.0 Å². The van der Waals surface area contributed by atoms with Gasteiger partial charge >= 0.3 is 0 Å². The average molecular weight is 227 g/mol. The molecule has 0 spiro atoms. The van der Waals surface area contributed by atoms with Crippen LogP contribution in [0.25, 0.3) is 0 Å². The van der Waals surface area contributed by atoms with Gasteiger partial charge in [0.15, 0.2) is 0 Å². The van der Waals surface area contributed by atoms with E-state index in [4.69, 9.17) is 16.3 Å². The van der Waals surface area contributed by atoms with Crippen LogP contribution in [0.2, 0.25) is 5.15 Å². The molecule has 3 nitrogen and oxygen atoms in total. The van der Waals surface area contributed by atoms with Crippen LogP contribution < -0.4 is 5.32 Å². The van der Waals surface area contributed by atoms with Crippen LogP contribution in [0.3, 0.4) is 0 Å². The first-order valence-corrected chi connectivity index (χ1v) is 5.69. The van der Waals surface area contributed by atoms with Crippen LogP contribution in [0.4, 0.5) is 5.82 Å². The molecule has 0 aliphatic carbocycles. The summed E-state index contributed by atoms with van der Waals surface area (Å²) in [7, 11) is 0. The first kappa shape index (κ1) is 10.7. The Kier molecular flexibility index (Phi) is 3.80. The average Bonchev–Trinajstić information content (AvgIpc) is 2.46. The molecule has 1 atom stereocenters. The lowest BCUT2D eigenvalue weighted by molar-refractivity contribution is 0.144. The molecule has 1 aliphatic rings. The zero-order valence-electron chi connectivity index (χ0n) is 8.58. The fourth-order valence-electron chi connectivity index (χ4n) is 1.75. The summed E-state index contributed by atoms with van der Waals surface area (Å²) in [5.74, 6) is 0.856. The van der Waals surface area contributed by atoms with Crippen LogP contribution in [0.15, 0.2) is 18.2 Å². The van der Waals surface area contributed by atoms with Crippen molar-refractivity contribution in [2.75, 3.05) is 18.5 Å². The molecule has 1 aromatic rings. The normalized spacial score (nSPS) is 22.1. The number of hydrogen-bond donors (Lipinski definition) is 1. The van der Waals surface area contributed by atoms with Crippen LogP contribution in [0.1, 0.15) is 19.3 Å². The fourth-order valence-corrected chi connectivity index (χ4v) is 1.91. The smallest absolute Gasteiger partial charge is 0.131 e. The van der Waals surface area contributed by atoms with Gasteiger partial charge in [-0.1, -0.05) is 17.7 Å². The molecule has 4 heteroatoms. The Balaban J connectivity index is 1.95. The van der Waals surface area contributed by atoms with Crippen molar-refractivity contribution in [1.29, 1.82) is 0 Å². The Bertz CT molecular complexity index is 311. The van der Waals surface area contributed by atoms with E-state index in [9.17, 15) is 0 Å². The number of halogens is 1. The van der Waals surface area contributed by atoms with Gasteiger partial charge in [0, 0.05) is 19.3 Å². The molecule has 1 saturated heterocycles. The van der Waals surface area contributed by atoms with Crippen LogP contribution in [0, 0.1) is 0 Å². The highest BCUT2D eigenvalue weighted by Crippen LogP contribution is 2.15. The highest BCUT2D eigenvalue weighted by atomic mass is 35.5. The molecule has 1 N–H and O–H groups in total. The van der Waals surface area contributed by atoms with Gasteiger partial charge in [-0.3, -0.25) is 0 Å². The Labute approximate surface area is 94.8 Å². The van der Waals surface area contributed by atoms with Crippen molar-refractivity contribution in [2.45, 2.75) is 25.3 Å². The summed E-state index contributed by atoms with van der Waals surface area (Å²) in [6.07, 6.45) is 3.28. The Morgan fingerprint density at radius 3 is 3.13 bits per heavy atom. The summed E-state index contributed by atoms with van der Waals surface area (Å²) < 4.78 is 5.40. The summed E-state index contributed by atoms with van der Waals surface area (Å²) in [4.78, 5) is 4.21. The predicted molar refractivity (Wildman–Crippen MR) is 61.3 cm³/mol. The van der Waals surface area contributed by atoms with E-state index in [1.807, 2.05) is 12.1 Å². The molecule has 1 unspecified atom stereocenters. The summed E-state index contributed by atoms with van der Waals surface area (Å²) >= 11 is 5.82. The van der Waals surface area contributed by atoms with Gasteiger partial charge in [0.05, 0.1) is 0 Å². The molecular formula is C11H15ClN2O. The lowest BCUT2D eigenvalue weighted by Gasteiger charge is -2.16. The van der Waals surface area contributed by atoms with E-state index in [1.54, 1.807) is 6.07 Å². The van der Waals surface area contributed by atoms with Crippen LogP contribution >= 0.6 is 11.6 Å². The van der Waals surface area contributed by atoms with E-state index < -0.39 is 0 Å². The minimum absolute atomic E-state index is 0.457. The highest BCUT2D eigenvalue weighted by Gasteiger charge is 2.12. The van der Waals surface area contributed by atoms with E-state index in [2.05, 4.69) is 10.3 Å². The molecule has 0 amide bonds. The minimum atomic E-state index is 0.457. The molecule has 2 rings (SSSR count). The van der Waals surface area contributed by atoms with Gasteiger partial charge < -0.3 is 10.1 Å². The largest absolute Gasteiger partial charge is 0.381 e. The Morgan fingerprint density at radius 2 is 2.27 bits per heavy atom. The van der Waals surface area contributed by atoms with Gasteiger partial charge in [0.25, 0.3) is 0 Å². The van der Waals surface area contributed by atoms with Crippen molar-refractivity contribution in [3.63, 3.8) is 0 Å². The molecule has 0 aromatic carbocycles. The first-order valence-electron chi connectivity index (χ1n) is 5.31. The number of ether oxygens (including phenoxy) is 1. The van der Waals surface area contributed by atoms with Crippen molar-refractivity contribution in [3.8, 4) is 0 Å². The third-order valence-corrected chi connectivity index (χ3v) is 2.73. The van der Waals surface area contributed by atoms with E-state index in [0.717, 1.165) is 38.3 Å². The van der Waals surface area contributed by atoms with Crippen LogP contribution in [-0.2, 0) is 4.74 Å². The van der Waals surface area contributed by atoms with Crippen molar-refractivity contribution in [2.24, 2.45) is 0 Å². The molecule has 2 heterocycles. The summed E-state index contributed by atoms with van der Waals surface area (Å²) in [6.45, 7) is 1.71. The lowest BCUT2D eigenvalue weighted by Crippen LogP contribution is -2.20. The first-order chi connectivity index (χ1) is 7.34. The van der Waals surface area contributed by atoms with Gasteiger partial charge in [-0.15, -0.1) is 0 Å². The number of nitrogens with one attached hydrogen (secondary N) is 1. The zero-order valence-corrected chi connectivity index (χ0v) is 9.33. The number of aromatic nitrogens is 1. The maximum atomic E-state index is 5.82. The molecule has 0 saturated carbocycles. The number of hydrogen-bond acceptors (Lipinski definition) is 3. The Morgan fingerprint density at radius 1 is 1.33 bits per heavy atom. The Hall–Kier alpha value is -0.800. The van der Waals surface area contributed by atoms with E-state index in [1.165, 1.54) is 0 Å². The van der Waals surface area contributed by atoms with E-state index in [0.29, 0.717) is 11.2 Å². The maximum Gasteiger partial charge on any atom is 0.131 e. The van der Waals surface area contributed by atoms with Gasteiger partial charge in [-0.05, 0) is 31.4 Å². The fraction of sp³-hybridized carbons (Fsp3) is 0.545. The summed E-state index contributed by atoms with van der Waals surface area (Å²) in [5.41, 5.74) is 0. The summed E-state index contributed by atoms with van der Waals surface area (Å²) in [5, 5.41) is 3.92. The summed E-state index contributed by atoms with van der Waals surface area (Å²) in [6, 6.07) is 6.09. The molecule has 0 radical (unpaired) electrons. The van der Waals surface area contributed by atoms with Gasteiger partial charge in [-0.25, -0.2) is 4.98 Å². The number of nitrogens with zero attached hydrogens (tertiary/aromatic N) is 1. The number of anilines is 1. The minimum Gasteiger partial charge on any atom is -0.381 e. The van der Waals surface area contributed by atoms with Crippen LogP contribution in [0.5, 0.6) is 0 Å². The standard InChI is InChI=1S/C11H15ClN2O/c12-10-4-1-5-11(14-10)13-9-3-2-7-15-8-6-9/h1,4-5,9H,2-3,6-8H2,(H,13,14). The topological polar surface area (TPSA) is 34.1 Å². The third kappa shape index (κ3) is 3.36. The molecule has 15 heavy (non-hydrogen) atoms. The second kappa shape index (κ2) is 5.33. The quantitative estimate of drug-likeness (QED) is 0.788. The maximum absolute atomic E-state index is 5.82. The monoisotopic (exact) mass is 226 g/mol. The number of pyridine rings is 1. The van der Waals surface area contributed by atoms with Crippen molar-refractivity contribution >= 4 is 17.4 Å². The van der Waals surface area contributed by atoms with E-state index in [-0.39, 0.29) is 0 Å². The van der Waals surface area contributed by atoms with Crippen molar-refractivity contribution in [1.82, 2.24) is 4.98 Å². The molecule has 0 bridgehead atoms. The third-order valence-electron chi connectivity index (χ3n) is 2.52. The van der Waals surface area contributed by atoms with E-state index >= 15 is 0 Å². The lowest BCUT2D eigenvalue weighted by atomic mass is 10.1. The van der Waals surface area contributed by atoms with Gasteiger partial charge in [0.2, 0.25) is 0 Å². The van der Waals surface area contributed by atoms with Crippen molar-refractivity contribution < 1.29 is 4.74 Å². The molecule has 1 aliphatic heterocycles. The molecule has 82 valence electrons. The predicted octanol–water partition coefficient (Wildman–Crippen LogP) is 2.72. The number of rotatable bonds is 2. The molecule has 1 aromatic heterocycles. The molecule has 1 fully saturated rings. The SMILES string of the molecule is Clc1cccc(NC2CCCOCC2)n1. The van der Waals surface area contributed by atoms with Gasteiger partial charge in [-0.2, -0.15) is 0 Å². The van der Waals surface area contributed by atoms with Crippen LogP contribution in [-0.4, -0.2) is 24.2 Å². The zero-order chi connectivity index (χ0) is 10.5. The highest BCUT2D eigenvalue weighted by molar-refractivity contribution is 6.29. The second-order valence-corrected chi connectivity index (χ2v) is 4.12. The second-order valence-electron chi connectivity index (χ2n) is 3.73.